The summed E-state index contributed by atoms with van der Waals surface area (Å²) in [5.41, 5.74) is 1.31. The summed E-state index contributed by atoms with van der Waals surface area (Å²) in [7, 11) is 0. The third-order valence-corrected chi connectivity index (χ3v) is 4.23. The molecule has 5 nitrogen and oxygen atoms in total. The fraction of sp³-hybridized carbons (Fsp3) is 0.222. The third-order valence-electron chi connectivity index (χ3n) is 4.23. The fourth-order valence-electron chi connectivity index (χ4n) is 3.02. The normalized spacial score (nSPS) is 16.3. The molecule has 0 spiro atoms. The van der Waals surface area contributed by atoms with E-state index in [0.717, 1.165) is 11.3 Å². The summed E-state index contributed by atoms with van der Waals surface area (Å²) < 4.78 is 44.2. The van der Waals surface area contributed by atoms with Crippen LogP contribution in [0.3, 0.4) is 0 Å². The van der Waals surface area contributed by atoms with Gasteiger partial charge < -0.3 is 15.0 Å². The Balaban J connectivity index is 1.49. The highest BCUT2D eigenvalue weighted by Gasteiger charge is 2.35. The molecule has 2 heterocycles. The van der Waals surface area contributed by atoms with E-state index in [0.29, 0.717) is 6.42 Å². The minimum Gasteiger partial charge on any atom is -0.488 e. The van der Waals surface area contributed by atoms with E-state index in [9.17, 15) is 18.0 Å². The number of aromatic nitrogens is 2. The summed E-state index contributed by atoms with van der Waals surface area (Å²) in [5.74, 6) is -0.825. The molecule has 0 fully saturated rings. The van der Waals surface area contributed by atoms with Crippen molar-refractivity contribution >= 4 is 16.9 Å². The monoisotopic (exact) mass is 361 g/mol. The summed E-state index contributed by atoms with van der Waals surface area (Å²) in [6, 6.07) is 12.0. The Labute approximate surface area is 146 Å². The molecule has 2 N–H and O–H groups in total. The molecule has 1 atom stereocenters. The SMILES string of the molecule is O=C(NCC1Cc2ccccc2O1)c1cccc2[nH]c(C(F)(F)F)nc12. The van der Waals surface area contributed by atoms with Crippen molar-refractivity contribution in [3.05, 3.63) is 59.4 Å². The zero-order valence-corrected chi connectivity index (χ0v) is 13.4. The number of hydrogen-bond acceptors (Lipinski definition) is 3. The van der Waals surface area contributed by atoms with Crippen molar-refractivity contribution in [3.8, 4) is 5.75 Å². The largest absolute Gasteiger partial charge is 0.488 e. The molecule has 0 saturated carbocycles. The number of amides is 1. The number of imidazole rings is 1. The molecule has 0 bridgehead atoms. The summed E-state index contributed by atoms with van der Waals surface area (Å²) in [4.78, 5) is 18.2. The molecular formula is C18H14F3N3O2. The van der Waals surface area contributed by atoms with Gasteiger partial charge >= 0.3 is 6.18 Å². The van der Waals surface area contributed by atoms with Gasteiger partial charge in [-0.3, -0.25) is 4.79 Å². The standard InChI is InChI=1S/C18H14F3N3O2/c19-18(20,21)17-23-13-6-3-5-12(15(13)24-17)16(25)22-9-11-8-10-4-1-2-7-14(10)26-11/h1-7,11H,8-9H2,(H,22,25)(H,23,24). The summed E-state index contributed by atoms with van der Waals surface area (Å²) in [6.07, 6.45) is -4.14. The van der Waals surface area contributed by atoms with E-state index in [-0.39, 0.29) is 29.2 Å². The van der Waals surface area contributed by atoms with Crippen LogP contribution in [0, 0.1) is 0 Å². The molecule has 3 aromatic rings. The highest BCUT2D eigenvalue weighted by atomic mass is 19.4. The zero-order chi connectivity index (χ0) is 18.3. The number of rotatable bonds is 3. The van der Waals surface area contributed by atoms with Crippen molar-refractivity contribution in [1.82, 2.24) is 15.3 Å². The first-order chi connectivity index (χ1) is 12.4. The molecule has 26 heavy (non-hydrogen) atoms. The Morgan fingerprint density at radius 1 is 1.23 bits per heavy atom. The lowest BCUT2D eigenvalue weighted by molar-refractivity contribution is -0.144. The van der Waals surface area contributed by atoms with E-state index in [1.807, 2.05) is 24.3 Å². The number of carbonyl (C=O) groups is 1. The second-order valence-electron chi connectivity index (χ2n) is 6.05. The molecular weight excluding hydrogens is 347 g/mol. The lowest BCUT2D eigenvalue weighted by Crippen LogP contribution is -2.34. The smallest absolute Gasteiger partial charge is 0.449 e. The number of nitrogens with one attached hydrogen (secondary N) is 2. The van der Waals surface area contributed by atoms with Gasteiger partial charge in [0.2, 0.25) is 5.82 Å². The molecule has 1 aliphatic rings. The highest BCUT2D eigenvalue weighted by Crippen LogP contribution is 2.30. The van der Waals surface area contributed by atoms with Crippen molar-refractivity contribution in [1.29, 1.82) is 0 Å². The Kier molecular flexibility index (Phi) is 3.82. The van der Waals surface area contributed by atoms with Crippen LogP contribution in [0.2, 0.25) is 0 Å². The van der Waals surface area contributed by atoms with Crippen LogP contribution >= 0.6 is 0 Å². The summed E-state index contributed by atoms with van der Waals surface area (Å²) in [5, 5.41) is 2.72. The van der Waals surface area contributed by atoms with Crippen LogP contribution in [0.15, 0.2) is 42.5 Å². The molecule has 0 aliphatic carbocycles. The first kappa shape index (κ1) is 16.4. The molecule has 1 aromatic heterocycles. The van der Waals surface area contributed by atoms with Crippen molar-refractivity contribution in [2.24, 2.45) is 0 Å². The van der Waals surface area contributed by atoms with Crippen molar-refractivity contribution in [2.45, 2.75) is 18.7 Å². The number of carbonyl (C=O) groups excluding carboxylic acids is 1. The van der Waals surface area contributed by atoms with Gasteiger partial charge in [0.15, 0.2) is 0 Å². The average Bonchev–Trinajstić information content (AvgIpc) is 3.22. The Bertz CT molecular complexity index is 956. The number of benzene rings is 2. The maximum atomic E-state index is 12.8. The van der Waals surface area contributed by atoms with E-state index in [4.69, 9.17) is 4.74 Å². The number of fused-ring (bicyclic) bond motifs is 2. The maximum absolute atomic E-state index is 12.8. The number of nitrogens with zero attached hydrogens (tertiary/aromatic N) is 1. The highest BCUT2D eigenvalue weighted by molar-refractivity contribution is 6.04. The summed E-state index contributed by atoms with van der Waals surface area (Å²) >= 11 is 0. The predicted octanol–water partition coefficient (Wildman–Crippen LogP) is 3.32. The van der Waals surface area contributed by atoms with Crippen molar-refractivity contribution in [2.75, 3.05) is 6.54 Å². The Morgan fingerprint density at radius 2 is 2.04 bits per heavy atom. The Hall–Kier alpha value is -3.03. The van der Waals surface area contributed by atoms with Crippen molar-refractivity contribution < 1.29 is 22.7 Å². The Morgan fingerprint density at radius 3 is 2.81 bits per heavy atom. The van der Waals surface area contributed by atoms with E-state index in [1.165, 1.54) is 18.2 Å². The average molecular weight is 361 g/mol. The number of H-pyrrole nitrogens is 1. The number of halogens is 3. The number of para-hydroxylation sites is 2. The van der Waals surface area contributed by atoms with Crippen LogP contribution in [-0.2, 0) is 12.6 Å². The van der Waals surface area contributed by atoms with Gasteiger partial charge in [0, 0.05) is 6.42 Å². The van der Waals surface area contributed by atoms with Crippen molar-refractivity contribution in [3.63, 3.8) is 0 Å². The third kappa shape index (κ3) is 2.98. The van der Waals surface area contributed by atoms with Gasteiger partial charge in [0.25, 0.3) is 5.91 Å². The maximum Gasteiger partial charge on any atom is 0.449 e. The van der Waals surface area contributed by atoms with Gasteiger partial charge in [-0.25, -0.2) is 4.98 Å². The number of hydrogen-bond donors (Lipinski definition) is 2. The van der Waals surface area contributed by atoms with Gasteiger partial charge in [0.1, 0.15) is 17.4 Å². The molecule has 1 aliphatic heterocycles. The van der Waals surface area contributed by atoms with Gasteiger partial charge in [0.05, 0.1) is 17.6 Å². The van der Waals surface area contributed by atoms with Gasteiger partial charge in [-0.15, -0.1) is 0 Å². The zero-order valence-electron chi connectivity index (χ0n) is 13.4. The number of alkyl halides is 3. The first-order valence-corrected chi connectivity index (χ1v) is 8.00. The van der Waals surface area contributed by atoms with Crippen LogP contribution in [0.1, 0.15) is 21.7 Å². The van der Waals surface area contributed by atoms with Gasteiger partial charge in [-0.1, -0.05) is 24.3 Å². The minimum absolute atomic E-state index is 0.00653. The van der Waals surface area contributed by atoms with E-state index in [1.54, 1.807) is 0 Å². The number of ether oxygens (including phenoxy) is 1. The lowest BCUT2D eigenvalue weighted by Gasteiger charge is -2.12. The first-order valence-electron chi connectivity index (χ1n) is 8.00. The predicted molar refractivity (Wildman–Crippen MR) is 88.0 cm³/mol. The second-order valence-corrected chi connectivity index (χ2v) is 6.05. The van der Waals surface area contributed by atoms with Crippen LogP contribution in [0.4, 0.5) is 13.2 Å². The molecule has 1 unspecified atom stereocenters. The molecule has 8 heteroatoms. The summed E-state index contributed by atoms with van der Waals surface area (Å²) in [6.45, 7) is 0.250. The lowest BCUT2D eigenvalue weighted by atomic mass is 10.1. The molecule has 0 radical (unpaired) electrons. The molecule has 134 valence electrons. The van der Waals surface area contributed by atoms with E-state index in [2.05, 4.69) is 15.3 Å². The minimum atomic E-state index is -4.60. The van der Waals surface area contributed by atoms with Crippen LogP contribution in [0.25, 0.3) is 11.0 Å². The van der Waals surface area contributed by atoms with Gasteiger partial charge in [-0.05, 0) is 23.8 Å². The van der Waals surface area contributed by atoms with Gasteiger partial charge in [-0.2, -0.15) is 13.2 Å². The molecule has 2 aromatic carbocycles. The molecule has 4 rings (SSSR count). The fourth-order valence-corrected chi connectivity index (χ4v) is 3.02. The topological polar surface area (TPSA) is 67.0 Å². The molecule has 0 saturated heterocycles. The number of aromatic amines is 1. The van der Waals surface area contributed by atoms with E-state index < -0.39 is 17.9 Å². The quantitative estimate of drug-likeness (QED) is 0.752. The van der Waals surface area contributed by atoms with Crippen LogP contribution < -0.4 is 10.1 Å². The second kappa shape index (κ2) is 6.05. The van der Waals surface area contributed by atoms with E-state index >= 15 is 0 Å². The van der Waals surface area contributed by atoms with Crippen LogP contribution in [-0.4, -0.2) is 28.5 Å². The van der Waals surface area contributed by atoms with Crippen LogP contribution in [0.5, 0.6) is 5.75 Å². The molecule has 1 amide bonds.